The first-order valence-corrected chi connectivity index (χ1v) is 22.1. The van der Waals surface area contributed by atoms with Crippen LogP contribution < -0.4 is 20.5 Å². The molecule has 1 fully saturated rings. The van der Waals surface area contributed by atoms with Crippen LogP contribution in [0.5, 0.6) is 11.5 Å². The Labute approximate surface area is 383 Å². The average molecular weight is 910 g/mol. The first-order chi connectivity index (χ1) is 30.9. The van der Waals surface area contributed by atoms with E-state index in [4.69, 9.17) is 20.6 Å². The van der Waals surface area contributed by atoms with Crippen molar-refractivity contribution in [2.24, 2.45) is 5.73 Å². The molecule has 1 aliphatic rings. The second-order valence-corrected chi connectivity index (χ2v) is 16.8. The SMILES string of the molecule is COc1cccc(OC)c1/C(=C/C(=N)C(N)=O)Nc1ccc(CCCCN(C)CCCN(C)C(=O)CN2CCN(CC(=O)O)CCN(CC(=O)O)CCN(CC(=O)O)CC2)cc1C(C)C. The number of aryl methyl sites for hydroxylation is 1. The van der Waals surface area contributed by atoms with Crippen molar-refractivity contribution in [2.75, 3.05) is 132 Å². The molecule has 7 N–H and O–H groups in total. The molecular formula is C46H71N9O10. The molecule has 1 aliphatic heterocycles. The standard InChI is InChI=1S/C46H71N9O10/c1-33(2)35-27-34(14-15-37(35)49-38(28-36(47)46(48)63)45-39(64-5)12-9-13-40(45)65-6)11-7-8-16-50(3)17-10-18-51(4)41(56)29-52-19-21-53(30-42(57)58)23-25-55(32-44(61)62)26-24-54(22-20-52)31-43(59)60/h9,12-15,27-28,33,47,49H,7-8,10-11,16-26,29-32H2,1-6H3,(H2,48,63)(H,57,58)(H,59,60)(H,61,62)/b38-28-,47-36?. The van der Waals surface area contributed by atoms with Crippen molar-refractivity contribution in [1.82, 2.24) is 29.4 Å². The lowest BCUT2D eigenvalue weighted by molar-refractivity contribution is -0.140. The number of nitrogens with one attached hydrogen (secondary N) is 2. The Morgan fingerprint density at radius 3 is 1.66 bits per heavy atom. The number of carboxylic acids is 3. The molecule has 65 heavy (non-hydrogen) atoms. The van der Waals surface area contributed by atoms with Crippen LogP contribution in [0.25, 0.3) is 5.70 Å². The average Bonchev–Trinajstić information content (AvgIpc) is 3.24. The molecular weight excluding hydrogens is 839 g/mol. The molecule has 0 bridgehead atoms. The van der Waals surface area contributed by atoms with Crippen LogP contribution in [0.15, 0.2) is 42.5 Å². The number of aliphatic carboxylic acids is 3. The Morgan fingerprint density at radius 1 is 0.738 bits per heavy atom. The number of unbranched alkanes of at least 4 members (excludes halogenated alkanes) is 1. The van der Waals surface area contributed by atoms with Crippen LogP contribution in [0.4, 0.5) is 5.69 Å². The van der Waals surface area contributed by atoms with Gasteiger partial charge in [-0.15, -0.1) is 0 Å². The third kappa shape index (κ3) is 19.2. The van der Waals surface area contributed by atoms with Crippen LogP contribution >= 0.6 is 0 Å². The van der Waals surface area contributed by atoms with Crippen molar-refractivity contribution in [3.8, 4) is 11.5 Å². The van der Waals surface area contributed by atoms with Gasteiger partial charge in [0, 0.05) is 71.6 Å². The van der Waals surface area contributed by atoms with Crippen LogP contribution in [0, 0.1) is 5.41 Å². The van der Waals surface area contributed by atoms with Gasteiger partial charge in [-0.1, -0.05) is 32.0 Å². The van der Waals surface area contributed by atoms with E-state index in [0.717, 1.165) is 50.0 Å². The molecule has 2 aromatic carbocycles. The van der Waals surface area contributed by atoms with Crippen LogP contribution in [0.1, 0.15) is 55.7 Å². The van der Waals surface area contributed by atoms with Crippen molar-refractivity contribution in [2.45, 2.75) is 45.4 Å². The van der Waals surface area contributed by atoms with Gasteiger partial charge in [0.1, 0.15) is 17.2 Å². The Bertz CT molecular complexity index is 1890. The summed E-state index contributed by atoms with van der Waals surface area (Å²) in [6.45, 7) is 8.59. The maximum atomic E-state index is 13.4. The van der Waals surface area contributed by atoms with Crippen molar-refractivity contribution in [3.63, 3.8) is 0 Å². The number of ether oxygens (including phenoxy) is 2. The number of anilines is 1. The zero-order chi connectivity index (χ0) is 48.1. The normalized spacial score (nSPS) is 15.2. The predicted octanol–water partition coefficient (Wildman–Crippen LogP) is 2.36. The fourth-order valence-corrected chi connectivity index (χ4v) is 7.63. The lowest BCUT2D eigenvalue weighted by Crippen LogP contribution is -2.50. The molecule has 2 aromatic rings. The van der Waals surface area contributed by atoms with E-state index in [1.165, 1.54) is 11.6 Å². The summed E-state index contributed by atoms with van der Waals surface area (Å²) in [5.74, 6) is -2.79. The number of carbonyl (C=O) groups is 5. The van der Waals surface area contributed by atoms with E-state index in [0.29, 0.717) is 81.7 Å². The van der Waals surface area contributed by atoms with Gasteiger partial charge >= 0.3 is 17.9 Å². The molecule has 0 spiro atoms. The number of carboxylic acid groups (broad SMARTS) is 3. The summed E-state index contributed by atoms with van der Waals surface area (Å²) in [6.07, 6.45) is 4.98. The fraction of sp³-hybridized carbons (Fsp3) is 0.565. The van der Waals surface area contributed by atoms with E-state index in [1.807, 2.05) is 11.0 Å². The van der Waals surface area contributed by atoms with Gasteiger partial charge < -0.3 is 45.6 Å². The summed E-state index contributed by atoms with van der Waals surface area (Å²) >= 11 is 0. The number of nitrogens with zero attached hydrogens (tertiary/aromatic N) is 6. The molecule has 0 unspecified atom stereocenters. The number of hydrogen-bond donors (Lipinski definition) is 6. The Morgan fingerprint density at radius 2 is 1.22 bits per heavy atom. The highest BCUT2D eigenvalue weighted by Gasteiger charge is 2.23. The molecule has 2 amide bonds. The van der Waals surface area contributed by atoms with Crippen LogP contribution in [-0.2, 0) is 30.4 Å². The van der Waals surface area contributed by atoms with Gasteiger partial charge in [0.25, 0.3) is 5.91 Å². The molecule has 3 rings (SSSR count). The first kappa shape index (κ1) is 53.7. The maximum Gasteiger partial charge on any atom is 0.317 e. The minimum absolute atomic E-state index is 0.0826. The lowest BCUT2D eigenvalue weighted by Gasteiger charge is -2.33. The lowest BCUT2D eigenvalue weighted by atomic mass is 9.96. The van der Waals surface area contributed by atoms with E-state index in [2.05, 4.69) is 43.2 Å². The molecule has 1 heterocycles. The largest absolute Gasteiger partial charge is 0.496 e. The zero-order valence-electron chi connectivity index (χ0n) is 39.0. The molecule has 19 nitrogen and oxygen atoms in total. The third-order valence-electron chi connectivity index (χ3n) is 11.3. The quantitative estimate of drug-likeness (QED) is 0.0619. The number of hydrogen-bond acceptors (Lipinski definition) is 14. The van der Waals surface area contributed by atoms with Gasteiger partial charge in [-0.05, 0) is 87.1 Å². The molecule has 0 aromatic heterocycles. The summed E-state index contributed by atoms with van der Waals surface area (Å²) in [6, 6.07) is 11.6. The number of benzene rings is 2. The Hall–Kier alpha value is -5.60. The summed E-state index contributed by atoms with van der Waals surface area (Å²) in [5, 5.41) is 40.1. The fourth-order valence-electron chi connectivity index (χ4n) is 7.63. The highest BCUT2D eigenvalue weighted by Crippen LogP contribution is 2.37. The number of carbonyl (C=O) groups excluding carboxylic acids is 2. The molecule has 360 valence electrons. The number of likely N-dealkylation sites (N-methyl/N-ethyl adjacent to an activating group) is 1. The van der Waals surface area contributed by atoms with Gasteiger partial charge in [-0.3, -0.25) is 49.0 Å². The highest BCUT2D eigenvalue weighted by molar-refractivity contribution is 6.42. The second-order valence-electron chi connectivity index (χ2n) is 16.8. The van der Waals surface area contributed by atoms with Crippen molar-refractivity contribution in [3.05, 3.63) is 59.2 Å². The summed E-state index contributed by atoms with van der Waals surface area (Å²) in [4.78, 5) is 71.2. The number of amides is 2. The van der Waals surface area contributed by atoms with Crippen LogP contribution in [0.3, 0.4) is 0 Å². The number of rotatable bonds is 25. The molecule has 0 atom stereocenters. The van der Waals surface area contributed by atoms with E-state index in [-0.39, 0.29) is 43.7 Å². The second kappa shape index (κ2) is 27.7. The topological polar surface area (TPSA) is 246 Å². The van der Waals surface area contributed by atoms with Crippen molar-refractivity contribution >= 4 is 46.8 Å². The minimum Gasteiger partial charge on any atom is -0.496 e. The third-order valence-corrected chi connectivity index (χ3v) is 11.3. The molecule has 19 heteroatoms. The zero-order valence-corrected chi connectivity index (χ0v) is 39.0. The minimum atomic E-state index is -1.01. The first-order valence-electron chi connectivity index (χ1n) is 22.1. The summed E-state index contributed by atoms with van der Waals surface area (Å²) < 4.78 is 11.3. The monoisotopic (exact) mass is 910 g/mol. The van der Waals surface area contributed by atoms with Gasteiger partial charge in [0.2, 0.25) is 5.91 Å². The van der Waals surface area contributed by atoms with Gasteiger partial charge in [0.05, 0.1) is 51.7 Å². The van der Waals surface area contributed by atoms with Crippen molar-refractivity contribution < 1.29 is 48.8 Å². The number of nitrogens with two attached hydrogens (primary N) is 1. The van der Waals surface area contributed by atoms with E-state index >= 15 is 0 Å². The van der Waals surface area contributed by atoms with E-state index < -0.39 is 23.8 Å². The molecule has 0 saturated carbocycles. The molecule has 0 aliphatic carbocycles. The van der Waals surface area contributed by atoms with Gasteiger partial charge in [0.15, 0.2) is 0 Å². The van der Waals surface area contributed by atoms with Crippen LogP contribution in [0.2, 0.25) is 0 Å². The Kier molecular flexibility index (Phi) is 22.9. The van der Waals surface area contributed by atoms with Gasteiger partial charge in [-0.25, -0.2) is 0 Å². The van der Waals surface area contributed by atoms with E-state index in [1.54, 1.807) is 59.1 Å². The van der Waals surface area contributed by atoms with Gasteiger partial charge in [-0.2, -0.15) is 0 Å². The van der Waals surface area contributed by atoms with Crippen LogP contribution in [-0.4, -0.2) is 207 Å². The van der Waals surface area contributed by atoms with Crippen molar-refractivity contribution in [1.29, 1.82) is 5.41 Å². The highest BCUT2D eigenvalue weighted by atomic mass is 16.5. The maximum absolute atomic E-state index is 13.4. The smallest absolute Gasteiger partial charge is 0.317 e. The number of primary amides is 1. The predicted molar refractivity (Wildman–Crippen MR) is 250 cm³/mol. The number of methoxy groups -OCH3 is 2. The summed E-state index contributed by atoms with van der Waals surface area (Å²) in [5.41, 5.74) is 9.15. The van der Waals surface area contributed by atoms with E-state index in [9.17, 15) is 39.3 Å². The summed E-state index contributed by atoms with van der Waals surface area (Å²) in [7, 11) is 6.93. The Balaban J connectivity index is 1.55. The molecule has 1 saturated heterocycles. The molecule has 0 radical (unpaired) electrons.